The highest BCUT2D eigenvalue weighted by Crippen LogP contribution is 2.43. The Hall–Kier alpha value is -1.65. The van der Waals surface area contributed by atoms with Crippen LogP contribution in [0.25, 0.3) is 0 Å². The molecule has 1 aliphatic carbocycles. The molecule has 1 heterocycles. The van der Waals surface area contributed by atoms with Gasteiger partial charge in [-0.15, -0.1) is 11.3 Å². The fraction of sp³-hybridized carbons (Fsp3) is 0.421. The molecule has 0 aliphatic heterocycles. The molecular weight excluding hydrogens is 306 g/mol. The van der Waals surface area contributed by atoms with Crippen LogP contribution in [0.1, 0.15) is 43.0 Å². The van der Waals surface area contributed by atoms with E-state index in [9.17, 15) is 9.90 Å². The highest BCUT2D eigenvalue weighted by molar-refractivity contribution is 7.10. The predicted octanol–water partition coefficient (Wildman–Crippen LogP) is 3.58. The summed E-state index contributed by atoms with van der Waals surface area (Å²) in [6, 6.07) is 13.6. The lowest BCUT2D eigenvalue weighted by Crippen LogP contribution is -2.47. The van der Waals surface area contributed by atoms with Gasteiger partial charge in [-0.2, -0.15) is 0 Å². The van der Waals surface area contributed by atoms with Crippen molar-refractivity contribution in [2.24, 2.45) is 0 Å². The minimum atomic E-state index is -1.06. The smallest absolute Gasteiger partial charge is 0.231 e. The Morgan fingerprint density at radius 2 is 1.91 bits per heavy atom. The van der Waals surface area contributed by atoms with Crippen LogP contribution in [0.5, 0.6) is 0 Å². The Labute approximate surface area is 141 Å². The fourth-order valence-electron chi connectivity index (χ4n) is 3.44. The minimum absolute atomic E-state index is 0.0497. The van der Waals surface area contributed by atoms with Gasteiger partial charge in [-0.3, -0.25) is 4.79 Å². The van der Waals surface area contributed by atoms with Crippen molar-refractivity contribution in [3.8, 4) is 0 Å². The molecule has 1 saturated carbocycles. The van der Waals surface area contributed by atoms with E-state index in [1.165, 1.54) is 0 Å². The van der Waals surface area contributed by atoms with Crippen molar-refractivity contribution < 1.29 is 9.90 Å². The van der Waals surface area contributed by atoms with Gasteiger partial charge in [0.15, 0.2) is 0 Å². The fourth-order valence-corrected chi connectivity index (χ4v) is 4.42. The second-order valence-corrected chi connectivity index (χ2v) is 7.54. The molecule has 1 aromatic heterocycles. The summed E-state index contributed by atoms with van der Waals surface area (Å²) in [6.07, 6.45) is 3.96. The van der Waals surface area contributed by atoms with E-state index in [1.54, 1.807) is 18.3 Å². The maximum Gasteiger partial charge on any atom is 0.231 e. The molecule has 0 saturated heterocycles. The molecule has 3 nitrogen and oxygen atoms in total. The summed E-state index contributed by atoms with van der Waals surface area (Å²) in [7, 11) is 0. The number of benzene rings is 1. The summed E-state index contributed by atoms with van der Waals surface area (Å²) in [5, 5.41) is 15.7. The second-order valence-electron chi connectivity index (χ2n) is 6.59. The SMILES string of the molecule is CC(O)(CNC(=O)C1(c2cccs2)CCCC1)c1ccccc1. The van der Waals surface area contributed by atoms with Gasteiger partial charge in [0.25, 0.3) is 0 Å². The zero-order valence-electron chi connectivity index (χ0n) is 13.4. The lowest BCUT2D eigenvalue weighted by atomic mass is 9.83. The van der Waals surface area contributed by atoms with Crippen molar-refractivity contribution in [3.63, 3.8) is 0 Å². The number of carbonyl (C=O) groups is 1. The molecule has 2 aromatic rings. The minimum Gasteiger partial charge on any atom is -0.384 e. The zero-order chi connectivity index (χ0) is 16.3. The molecule has 1 fully saturated rings. The Balaban J connectivity index is 1.73. The molecular formula is C19H23NO2S. The van der Waals surface area contributed by atoms with Gasteiger partial charge in [-0.25, -0.2) is 0 Å². The number of nitrogens with one attached hydrogen (secondary N) is 1. The van der Waals surface area contributed by atoms with Crippen LogP contribution in [-0.4, -0.2) is 17.6 Å². The third-order valence-electron chi connectivity index (χ3n) is 4.87. The van der Waals surface area contributed by atoms with E-state index in [1.807, 2.05) is 41.8 Å². The van der Waals surface area contributed by atoms with Crippen LogP contribution in [0, 0.1) is 0 Å². The van der Waals surface area contributed by atoms with E-state index in [0.717, 1.165) is 36.1 Å². The van der Waals surface area contributed by atoms with E-state index < -0.39 is 11.0 Å². The lowest BCUT2D eigenvalue weighted by Gasteiger charge is -2.30. The van der Waals surface area contributed by atoms with Gasteiger partial charge >= 0.3 is 0 Å². The molecule has 1 atom stereocenters. The lowest BCUT2D eigenvalue weighted by molar-refractivity contribution is -0.127. The maximum absolute atomic E-state index is 12.9. The van der Waals surface area contributed by atoms with Crippen LogP contribution in [0.15, 0.2) is 47.8 Å². The third-order valence-corrected chi connectivity index (χ3v) is 5.95. The van der Waals surface area contributed by atoms with Crippen LogP contribution in [-0.2, 0) is 15.8 Å². The van der Waals surface area contributed by atoms with E-state index in [2.05, 4.69) is 11.4 Å². The number of aliphatic hydroxyl groups is 1. The largest absolute Gasteiger partial charge is 0.384 e. The molecule has 0 bridgehead atoms. The highest BCUT2D eigenvalue weighted by atomic mass is 32.1. The first-order chi connectivity index (χ1) is 11.0. The topological polar surface area (TPSA) is 49.3 Å². The van der Waals surface area contributed by atoms with Gasteiger partial charge in [0.05, 0.1) is 12.0 Å². The average Bonchev–Trinajstić information content (AvgIpc) is 3.25. The van der Waals surface area contributed by atoms with Crippen LogP contribution in [0.2, 0.25) is 0 Å². The van der Waals surface area contributed by atoms with E-state index in [0.29, 0.717) is 0 Å². The van der Waals surface area contributed by atoms with Gasteiger partial charge in [-0.05, 0) is 36.8 Å². The molecule has 4 heteroatoms. The molecule has 0 radical (unpaired) electrons. The van der Waals surface area contributed by atoms with Gasteiger partial charge in [0, 0.05) is 4.88 Å². The third kappa shape index (κ3) is 3.19. The summed E-state index contributed by atoms with van der Waals surface area (Å²) < 4.78 is 0. The van der Waals surface area contributed by atoms with Gasteiger partial charge < -0.3 is 10.4 Å². The van der Waals surface area contributed by atoms with Crippen molar-refractivity contribution >= 4 is 17.2 Å². The Kier molecular flexibility index (Phi) is 4.55. The van der Waals surface area contributed by atoms with E-state index in [-0.39, 0.29) is 12.5 Å². The normalized spacial score (nSPS) is 19.2. The van der Waals surface area contributed by atoms with E-state index >= 15 is 0 Å². The monoisotopic (exact) mass is 329 g/mol. The zero-order valence-corrected chi connectivity index (χ0v) is 14.2. The van der Waals surface area contributed by atoms with Gasteiger partial charge in [0.2, 0.25) is 5.91 Å². The van der Waals surface area contributed by atoms with Crippen molar-refractivity contribution in [3.05, 3.63) is 58.3 Å². The number of hydrogen-bond donors (Lipinski definition) is 2. The highest BCUT2D eigenvalue weighted by Gasteiger charge is 2.43. The van der Waals surface area contributed by atoms with Crippen molar-refractivity contribution in [1.82, 2.24) is 5.32 Å². The van der Waals surface area contributed by atoms with Gasteiger partial charge in [0.1, 0.15) is 5.60 Å². The molecule has 3 rings (SSSR count). The molecule has 1 unspecified atom stereocenters. The summed E-state index contributed by atoms with van der Waals surface area (Å²) >= 11 is 1.65. The average molecular weight is 329 g/mol. The Morgan fingerprint density at radius 1 is 1.22 bits per heavy atom. The summed E-state index contributed by atoms with van der Waals surface area (Å²) in [5.41, 5.74) is -0.649. The predicted molar refractivity (Wildman–Crippen MR) is 93.5 cm³/mol. The molecule has 122 valence electrons. The molecule has 2 N–H and O–H groups in total. The van der Waals surface area contributed by atoms with Crippen LogP contribution < -0.4 is 5.32 Å². The molecule has 1 amide bonds. The molecule has 1 aromatic carbocycles. The van der Waals surface area contributed by atoms with Crippen LogP contribution >= 0.6 is 11.3 Å². The molecule has 1 aliphatic rings. The Bertz CT molecular complexity index is 643. The first-order valence-corrected chi connectivity index (χ1v) is 9.03. The number of amides is 1. The first-order valence-electron chi connectivity index (χ1n) is 8.15. The number of rotatable bonds is 5. The number of hydrogen-bond acceptors (Lipinski definition) is 3. The number of carbonyl (C=O) groups excluding carboxylic acids is 1. The Morgan fingerprint density at radius 3 is 2.52 bits per heavy atom. The maximum atomic E-state index is 12.9. The quantitative estimate of drug-likeness (QED) is 0.881. The van der Waals surface area contributed by atoms with Crippen molar-refractivity contribution in [1.29, 1.82) is 0 Å². The summed E-state index contributed by atoms with van der Waals surface area (Å²) in [5.74, 6) is 0.0497. The van der Waals surface area contributed by atoms with Crippen LogP contribution in [0.3, 0.4) is 0 Å². The number of thiophene rings is 1. The standard InChI is InChI=1S/C19H23NO2S/c1-18(22,15-8-3-2-4-9-15)14-20-17(21)19(11-5-6-12-19)16-10-7-13-23-16/h2-4,7-10,13,22H,5-6,11-12,14H2,1H3,(H,20,21). The molecule has 0 spiro atoms. The molecule has 23 heavy (non-hydrogen) atoms. The summed E-state index contributed by atoms with van der Waals surface area (Å²) in [4.78, 5) is 14.1. The van der Waals surface area contributed by atoms with E-state index in [4.69, 9.17) is 0 Å². The van der Waals surface area contributed by atoms with Crippen molar-refractivity contribution in [2.45, 2.75) is 43.6 Å². The van der Waals surface area contributed by atoms with Crippen molar-refractivity contribution in [2.75, 3.05) is 6.54 Å². The summed E-state index contributed by atoms with van der Waals surface area (Å²) in [6.45, 7) is 1.97. The van der Waals surface area contributed by atoms with Gasteiger partial charge in [-0.1, -0.05) is 49.2 Å². The van der Waals surface area contributed by atoms with Crippen LogP contribution in [0.4, 0.5) is 0 Å². The second kappa shape index (κ2) is 6.46. The first kappa shape index (κ1) is 16.2.